The lowest BCUT2D eigenvalue weighted by atomic mass is 10.1. The number of carbonyl (C=O) groups excluding carboxylic acids is 1. The van der Waals surface area contributed by atoms with Crippen molar-refractivity contribution in [2.75, 3.05) is 31.1 Å². The SMILES string of the molecule is O=C(c1cccc(C(F)(F)F)c1)N1CCN(c2cccnn2)CC1. The Morgan fingerprint density at radius 1 is 1.04 bits per heavy atom. The van der Waals surface area contributed by atoms with Crippen molar-refractivity contribution in [1.29, 1.82) is 0 Å². The Morgan fingerprint density at radius 3 is 2.42 bits per heavy atom. The number of alkyl halides is 3. The van der Waals surface area contributed by atoms with Gasteiger partial charge < -0.3 is 9.80 Å². The normalized spacial score (nSPS) is 15.5. The van der Waals surface area contributed by atoms with E-state index in [-0.39, 0.29) is 11.5 Å². The highest BCUT2D eigenvalue weighted by Crippen LogP contribution is 2.29. The summed E-state index contributed by atoms with van der Waals surface area (Å²) >= 11 is 0. The summed E-state index contributed by atoms with van der Waals surface area (Å²) in [5.74, 6) is 0.337. The van der Waals surface area contributed by atoms with Gasteiger partial charge in [-0.3, -0.25) is 4.79 Å². The summed E-state index contributed by atoms with van der Waals surface area (Å²) < 4.78 is 38.3. The van der Waals surface area contributed by atoms with Gasteiger partial charge in [0.05, 0.1) is 5.56 Å². The van der Waals surface area contributed by atoms with Crippen LogP contribution in [0.2, 0.25) is 0 Å². The van der Waals surface area contributed by atoms with E-state index in [1.165, 1.54) is 12.1 Å². The molecule has 0 atom stereocenters. The monoisotopic (exact) mass is 336 g/mol. The topological polar surface area (TPSA) is 49.3 Å². The fourth-order valence-corrected chi connectivity index (χ4v) is 2.61. The van der Waals surface area contributed by atoms with Crippen LogP contribution in [0, 0.1) is 0 Å². The average molecular weight is 336 g/mol. The number of nitrogens with zero attached hydrogens (tertiary/aromatic N) is 4. The van der Waals surface area contributed by atoms with E-state index < -0.39 is 11.7 Å². The zero-order valence-corrected chi connectivity index (χ0v) is 12.7. The largest absolute Gasteiger partial charge is 0.416 e. The third-order valence-electron chi connectivity index (χ3n) is 3.89. The van der Waals surface area contributed by atoms with Crippen molar-refractivity contribution in [3.8, 4) is 0 Å². The third-order valence-corrected chi connectivity index (χ3v) is 3.89. The first kappa shape index (κ1) is 16.2. The molecule has 0 saturated carbocycles. The van der Waals surface area contributed by atoms with E-state index >= 15 is 0 Å². The van der Waals surface area contributed by atoms with Gasteiger partial charge in [-0.2, -0.15) is 18.3 Å². The second-order valence-electron chi connectivity index (χ2n) is 5.44. The first-order valence-electron chi connectivity index (χ1n) is 7.44. The fraction of sp³-hybridized carbons (Fsp3) is 0.312. The highest BCUT2D eigenvalue weighted by atomic mass is 19.4. The second-order valence-corrected chi connectivity index (χ2v) is 5.44. The maximum absolute atomic E-state index is 12.8. The van der Waals surface area contributed by atoms with Crippen LogP contribution in [0.5, 0.6) is 0 Å². The van der Waals surface area contributed by atoms with Gasteiger partial charge in [-0.1, -0.05) is 6.07 Å². The minimum atomic E-state index is -4.46. The van der Waals surface area contributed by atoms with Gasteiger partial charge in [-0.25, -0.2) is 0 Å². The van der Waals surface area contributed by atoms with Crippen LogP contribution in [0.1, 0.15) is 15.9 Å². The van der Waals surface area contributed by atoms with E-state index in [1.807, 2.05) is 11.0 Å². The molecule has 0 radical (unpaired) electrons. The van der Waals surface area contributed by atoms with Crippen molar-refractivity contribution in [1.82, 2.24) is 15.1 Å². The Bertz CT molecular complexity index is 713. The van der Waals surface area contributed by atoms with Gasteiger partial charge in [0.1, 0.15) is 0 Å². The van der Waals surface area contributed by atoms with Crippen LogP contribution in [0.25, 0.3) is 0 Å². The summed E-state index contributed by atoms with van der Waals surface area (Å²) in [7, 11) is 0. The molecule has 1 aromatic carbocycles. The molecule has 1 aliphatic heterocycles. The minimum absolute atomic E-state index is 0.0535. The van der Waals surface area contributed by atoms with E-state index in [4.69, 9.17) is 0 Å². The number of benzene rings is 1. The maximum atomic E-state index is 12.8. The van der Waals surface area contributed by atoms with Gasteiger partial charge in [-0.15, -0.1) is 5.10 Å². The molecule has 1 aliphatic rings. The molecule has 8 heteroatoms. The van der Waals surface area contributed by atoms with Gasteiger partial charge >= 0.3 is 6.18 Å². The smallest absolute Gasteiger partial charge is 0.352 e. The van der Waals surface area contributed by atoms with Crippen molar-refractivity contribution >= 4 is 11.7 Å². The second kappa shape index (κ2) is 6.46. The number of hydrogen-bond acceptors (Lipinski definition) is 4. The quantitative estimate of drug-likeness (QED) is 0.845. The van der Waals surface area contributed by atoms with E-state index in [0.29, 0.717) is 26.2 Å². The highest BCUT2D eigenvalue weighted by Gasteiger charge is 2.31. The number of amides is 1. The zero-order valence-electron chi connectivity index (χ0n) is 12.7. The number of carbonyl (C=O) groups is 1. The molecule has 2 heterocycles. The molecule has 0 N–H and O–H groups in total. The zero-order chi connectivity index (χ0) is 17.2. The van der Waals surface area contributed by atoms with Crippen molar-refractivity contribution in [2.45, 2.75) is 6.18 Å². The lowest BCUT2D eigenvalue weighted by molar-refractivity contribution is -0.137. The Kier molecular flexibility index (Phi) is 4.37. The minimum Gasteiger partial charge on any atom is -0.352 e. The van der Waals surface area contributed by atoms with Crippen LogP contribution in [0.15, 0.2) is 42.6 Å². The van der Waals surface area contributed by atoms with Crippen molar-refractivity contribution in [2.24, 2.45) is 0 Å². The van der Waals surface area contributed by atoms with E-state index in [1.54, 1.807) is 17.2 Å². The maximum Gasteiger partial charge on any atom is 0.416 e. The predicted molar refractivity (Wildman–Crippen MR) is 81.6 cm³/mol. The lowest BCUT2D eigenvalue weighted by Gasteiger charge is -2.35. The number of anilines is 1. The third kappa shape index (κ3) is 3.47. The molecular formula is C16H15F3N4O. The number of hydrogen-bond donors (Lipinski definition) is 0. The summed E-state index contributed by atoms with van der Waals surface area (Å²) in [5, 5.41) is 7.83. The molecule has 126 valence electrons. The van der Waals surface area contributed by atoms with Gasteiger partial charge in [-0.05, 0) is 30.3 Å². The standard InChI is InChI=1S/C16H15F3N4O/c17-16(18,19)13-4-1-3-12(11-13)15(24)23-9-7-22(8-10-23)14-5-2-6-20-21-14/h1-6,11H,7-10H2. The van der Waals surface area contributed by atoms with Crippen LogP contribution in [0.4, 0.5) is 19.0 Å². The van der Waals surface area contributed by atoms with Crippen LogP contribution in [-0.2, 0) is 6.18 Å². The van der Waals surface area contributed by atoms with Crippen molar-refractivity contribution in [3.63, 3.8) is 0 Å². The summed E-state index contributed by atoms with van der Waals surface area (Å²) in [6.07, 6.45) is -2.88. The molecule has 0 bridgehead atoms. The molecule has 1 saturated heterocycles. The predicted octanol–water partition coefficient (Wildman–Crippen LogP) is 2.46. The van der Waals surface area contributed by atoms with Crippen LogP contribution < -0.4 is 4.90 Å². The Hall–Kier alpha value is -2.64. The first-order chi connectivity index (χ1) is 11.4. The van der Waals surface area contributed by atoms with Gasteiger partial charge in [0.2, 0.25) is 0 Å². The fourth-order valence-electron chi connectivity index (χ4n) is 2.61. The Morgan fingerprint density at radius 2 is 1.79 bits per heavy atom. The highest BCUT2D eigenvalue weighted by molar-refractivity contribution is 5.94. The molecule has 1 amide bonds. The Labute approximate surface area is 136 Å². The van der Waals surface area contributed by atoms with Crippen LogP contribution in [0.3, 0.4) is 0 Å². The number of aromatic nitrogens is 2. The summed E-state index contributed by atoms with van der Waals surface area (Å²) in [6.45, 7) is 1.96. The molecular weight excluding hydrogens is 321 g/mol. The van der Waals surface area contributed by atoms with E-state index in [0.717, 1.165) is 18.0 Å². The number of halogens is 3. The van der Waals surface area contributed by atoms with Gasteiger partial charge in [0.15, 0.2) is 5.82 Å². The molecule has 5 nitrogen and oxygen atoms in total. The first-order valence-corrected chi connectivity index (χ1v) is 7.44. The molecule has 1 aromatic heterocycles. The molecule has 2 aromatic rings. The van der Waals surface area contributed by atoms with Crippen molar-refractivity contribution in [3.05, 3.63) is 53.7 Å². The van der Waals surface area contributed by atoms with Crippen molar-refractivity contribution < 1.29 is 18.0 Å². The summed E-state index contributed by atoms with van der Waals surface area (Å²) in [6, 6.07) is 8.14. The number of rotatable bonds is 2. The lowest BCUT2D eigenvalue weighted by Crippen LogP contribution is -2.49. The van der Waals surface area contributed by atoms with Gasteiger partial charge in [0, 0.05) is 37.9 Å². The molecule has 1 fully saturated rings. The Balaban J connectivity index is 1.67. The number of piperazine rings is 1. The molecule has 24 heavy (non-hydrogen) atoms. The van der Waals surface area contributed by atoms with Crippen LogP contribution >= 0.6 is 0 Å². The molecule has 3 rings (SSSR count). The van der Waals surface area contributed by atoms with Crippen LogP contribution in [-0.4, -0.2) is 47.2 Å². The average Bonchev–Trinajstić information content (AvgIpc) is 2.61. The molecule has 0 unspecified atom stereocenters. The van der Waals surface area contributed by atoms with E-state index in [9.17, 15) is 18.0 Å². The van der Waals surface area contributed by atoms with Gasteiger partial charge in [0.25, 0.3) is 5.91 Å². The molecule has 0 spiro atoms. The molecule has 0 aliphatic carbocycles. The van der Waals surface area contributed by atoms with E-state index in [2.05, 4.69) is 10.2 Å². The summed E-state index contributed by atoms with van der Waals surface area (Å²) in [4.78, 5) is 16.0. The summed E-state index contributed by atoms with van der Waals surface area (Å²) in [5.41, 5.74) is -0.760.